The summed E-state index contributed by atoms with van der Waals surface area (Å²) in [4.78, 5) is 6.58. The number of hydrogen-bond donors (Lipinski definition) is 2. The first-order valence-electron chi connectivity index (χ1n) is 8.34. The van der Waals surface area contributed by atoms with Crippen LogP contribution in [0.4, 0.5) is 5.69 Å². The molecule has 0 aromatic heterocycles. The number of benzene rings is 1. The third-order valence-corrected chi connectivity index (χ3v) is 3.77. The molecule has 0 atom stereocenters. The van der Waals surface area contributed by atoms with Crippen molar-refractivity contribution in [3.63, 3.8) is 0 Å². The second kappa shape index (κ2) is 12.1. The predicted molar refractivity (Wildman–Crippen MR) is 113 cm³/mol. The molecule has 1 aliphatic rings. The summed E-state index contributed by atoms with van der Waals surface area (Å²) in [6, 6.07) is 8.70. The van der Waals surface area contributed by atoms with E-state index in [1.165, 1.54) is 11.3 Å². The molecule has 0 unspecified atom stereocenters. The first-order chi connectivity index (χ1) is 11.3. The first-order valence-corrected chi connectivity index (χ1v) is 8.34. The Morgan fingerprint density at radius 2 is 1.88 bits per heavy atom. The van der Waals surface area contributed by atoms with Crippen molar-refractivity contribution in [1.82, 2.24) is 10.6 Å². The molecule has 0 amide bonds. The highest BCUT2D eigenvalue weighted by atomic mass is 127. The second-order valence-corrected chi connectivity index (χ2v) is 5.45. The zero-order chi connectivity index (χ0) is 16.3. The lowest BCUT2D eigenvalue weighted by Crippen LogP contribution is -2.37. The summed E-state index contributed by atoms with van der Waals surface area (Å²) in [5, 5.41) is 6.63. The Bertz CT molecular complexity index is 508. The number of ether oxygens (including phenoxy) is 1. The van der Waals surface area contributed by atoms with Crippen LogP contribution < -0.4 is 15.5 Å². The third-order valence-electron chi connectivity index (χ3n) is 3.77. The normalized spacial score (nSPS) is 13.8. The molecule has 1 aromatic rings. The molecule has 6 heteroatoms. The third kappa shape index (κ3) is 7.09. The van der Waals surface area contributed by atoms with Gasteiger partial charge in [-0.1, -0.05) is 24.3 Å². The standard InChI is InChI=1S/C18H28N4O.HI/c1-3-23-14-6-11-20-18(19-2)21-15-16-7-9-17(10-8-16)22-12-4-5-13-22;/h4-5,7-10H,3,6,11-15H2,1-2H3,(H2,19,20,21);1H. The van der Waals surface area contributed by atoms with Crippen molar-refractivity contribution in [1.29, 1.82) is 0 Å². The highest BCUT2D eigenvalue weighted by molar-refractivity contribution is 14.0. The van der Waals surface area contributed by atoms with Crippen LogP contribution >= 0.6 is 24.0 Å². The Morgan fingerprint density at radius 3 is 2.50 bits per heavy atom. The summed E-state index contributed by atoms with van der Waals surface area (Å²) < 4.78 is 5.32. The Balaban J connectivity index is 0.00000288. The molecule has 0 radical (unpaired) electrons. The summed E-state index contributed by atoms with van der Waals surface area (Å²) in [5.74, 6) is 0.828. The van der Waals surface area contributed by atoms with Crippen LogP contribution in [0.2, 0.25) is 0 Å². The summed E-state index contributed by atoms with van der Waals surface area (Å²) in [5.41, 5.74) is 2.52. The molecule has 0 aliphatic carbocycles. The number of halogens is 1. The fourth-order valence-electron chi connectivity index (χ4n) is 2.45. The van der Waals surface area contributed by atoms with Gasteiger partial charge in [0.25, 0.3) is 0 Å². The largest absolute Gasteiger partial charge is 0.382 e. The number of nitrogens with zero attached hydrogens (tertiary/aromatic N) is 2. The van der Waals surface area contributed by atoms with E-state index in [4.69, 9.17) is 4.74 Å². The summed E-state index contributed by atoms with van der Waals surface area (Å²) >= 11 is 0. The van der Waals surface area contributed by atoms with E-state index in [0.29, 0.717) is 0 Å². The van der Waals surface area contributed by atoms with Gasteiger partial charge in [0.15, 0.2) is 5.96 Å². The molecule has 1 heterocycles. The minimum atomic E-state index is 0. The highest BCUT2D eigenvalue weighted by Crippen LogP contribution is 2.17. The minimum Gasteiger partial charge on any atom is -0.382 e. The van der Waals surface area contributed by atoms with E-state index in [0.717, 1.165) is 51.8 Å². The molecule has 2 N–H and O–H groups in total. The number of anilines is 1. The number of hydrogen-bond acceptors (Lipinski definition) is 3. The summed E-state index contributed by atoms with van der Waals surface area (Å²) in [7, 11) is 1.79. The van der Waals surface area contributed by atoms with Gasteiger partial charge in [-0.3, -0.25) is 4.99 Å². The monoisotopic (exact) mass is 444 g/mol. The van der Waals surface area contributed by atoms with Gasteiger partial charge in [-0.15, -0.1) is 24.0 Å². The minimum absolute atomic E-state index is 0. The molecular formula is C18H29IN4O. The van der Waals surface area contributed by atoms with E-state index in [-0.39, 0.29) is 24.0 Å². The number of rotatable bonds is 8. The zero-order valence-corrected chi connectivity index (χ0v) is 17.0. The molecule has 0 saturated heterocycles. The molecule has 24 heavy (non-hydrogen) atoms. The molecular weight excluding hydrogens is 415 g/mol. The molecule has 134 valence electrons. The Labute approximate surface area is 162 Å². The van der Waals surface area contributed by atoms with Gasteiger partial charge in [-0.05, 0) is 31.0 Å². The fraction of sp³-hybridized carbons (Fsp3) is 0.500. The van der Waals surface area contributed by atoms with Crippen LogP contribution in [0.1, 0.15) is 18.9 Å². The van der Waals surface area contributed by atoms with Crippen molar-refractivity contribution in [3.05, 3.63) is 42.0 Å². The van der Waals surface area contributed by atoms with Crippen LogP contribution in [0.3, 0.4) is 0 Å². The number of nitrogens with one attached hydrogen (secondary N) is 2. The quantitative estimate of drug-likeness (QED) is 0.213. The SMILES string of the molecule is CCOCCCNC(=NC)NCc1ccc(N2CC=CC2)cc1.I. The average Bonchev–Trinajstić information content (AvgIpc) is 3.12. The van der Waals surface area contributed by atoms with E-state index in [1.807, 2.05) is 6.92 Å². The summed E-state index contributed by atoms with van der Waals surface area (Å²) in [6.07, 6.45) is 5.39. The maximum absolute atomic E-state index is 5.32. The Hall–Kier alpha value is -1.28. The van der Waals surface area contributed by atoms with Crippen LogP contribution in [0.15, 0.2) is 41.4 Å². The van der Waals surface area contributed by atoms with Gasteiger partial charge in [0.1, 0.15) is 0 Å². The second-order valence-electron chi connectivity index (χ2n) is 5.45. The van der Waals surface area contributed by atoms with Crippen LogP contribution in [0.5, 0.6) is 0 Å². The summed E-state index contributed by atoms with van der Waals surface area (Å²) in [6.45, 7) is 7.22. The molecule has 0 fully saturated rings. The van der Waals surface area contributed by atoms with E-state index >= 15 is 0 Å². The molecule has 0 bridgehead atoms. The van der Waals surface area contributed by atoms with E-state index < -0.39 is 0 Å². The fourth-order valence-corrected chi connectivity index (χ4v) is 2.45. The van der Waals surface area contributed by atoms with Gasteiger partial charge in [0.05, 0.1) is 0 Å². The molecule has 2 rings (SSSR count). The zero-order valence-electron chi connectivity index (χ0n) is 14.6. The van der Waals surface area contributed by atoms with Gasteiger partial charge in [0.2, 0.25) is 0 Å². The number of aliphatic imine (C=N–C) groups is 1. The van der Waals surface area contributed by atoms with Gasteiger partial charge >= 0.3 is 0 Å². The molecule has 1 aliphatic heterocycles. The lowest BCUT2D eigenvalue weighted by molar-refractivity contribution is 0.145. The van der Waals surface area contributed by atoms with Gasteiger partial charge in [-0.25, -0.2) is 0 Å². The van der Waals surface area contributed by atoms with Crippen LogP contribution in [-0.4, -0.2) is 45.9 Å². The van der Waals surface area contributed by atoms with Crippen molar-refractivity contribution < 1.29 is 4.74 Å². The van der Waals surface area contributed by atoms with E-state index in [2.05, 4.69) is 56.9 Å². The molecule has 0 saturated carbocycles. The van der Waals surface area contributed by atoms with Crippen LogP contribution in [0, 0.1) is 0 Å². The van der Waals surface area contributed by atoms with Crippen molar-refractivity contribution >= 4 is 35.6 Å². The van der Waals surface area contributed by atoms with Gasteiger partial charge < -0.3 is 20.3 Å². The van der Waals surface area contributed by atoms with Crippen molar-refractivity contribution in [2.45, 2.75) is 19.9 Å². The smallest absolute Gasteiger partial charge is 0.191 e. The van der Waals surface area contributed by atoms with Gasteiger partial charge in [0, 0.05) is 52.1 Å². The molecule has 0 spiro atoms. The van der Waals surface area contributed by atoms with Gasteiger partial charge in [-0.2, -0.15) is 0 Å². The van der Waals surface area contributed by atoms with Crippen LogP contribution in [0.25, 0.3) is 0 Å². The van der Waals surface area contributed by atoms with Crippen LogP contribution in [-0.2, 0) is 11.3 Å². The maximum atomic E-state index is 5.32. The Kier molecular flexibility index (Phi) is 10.5. The number of guanidine groups is 1. The first kappa shape index (κ1) is 20.8. The maximum Gasteiger partial charge on any atom is 0.191 e. The average molecular weight is 444 g/mol. The lowest BCUT2D eigenvalue weighted by Gasteiger charge is -2.18. The predicted octanol–water partition coefficient (Wildman–Crippen LogP) is 2.77. The van der Waals surface area contributed by atoms with E-state index in [9.17, 15) is 0 Å². The van der Waals surface area contributed by atoms with Crippen molar-refractivity contribution in [3.8, 4) is 0 Å². The van der Waals surface area contributed by atoms with E-state index in [1.54, 1.807) is 7.05 Å². The molecule has 1 aromatic carbocycles. The molecule has 5 nitrogen and oxygen atoms in total. The highest BCUT2D eigenvalue weighted by Gasteiger charge is 2.07. The van der Waals surface area contributed by atoms with Crippen molar-refractivity contribution in [2.24, 2.45) is 4.99 Å². The Morgan fingerprint density at radius 1 is 1.17 bits per heavy atom. The topological polar surface area (TPSA) is 48.9 Å². The lowest BCUT2D eigenvalue weighted by atomic mass is 10.2. The van der Waals surface area contributed by atoms with Crippen molar-refractivity contribution in [2.75, 3.05) is 44.8 Å².